The van der Waals surface area contributed by atoms with E-state index in [0.717, 1.165) is 31.5 Å². The molecule has 0 aromatic heterocycles. The lowest BCUT2D eigenvalue weighted by Gasteiger charge is -2.22. The average molecular weight is 257 g/mol. The molecule has 5 nitrogen and oxygen atoms in total. The lowest BCUT2D eigenvalue weighted by molar-refractivity contribution is 0.158. The van der Waals surface area contributed by atoms with Crippen molar-refractivity contribution in [1.29, 1.82) is 0 Å². The molecule has 0 rings (SSSR count). The molecule has 0 aliphatic heterocycles. The SMILES string of the molecule is C=C(C)COCCNCCCC(C)(C)C(N)=NO. The van der Waals surface area contributed by atoms with Crippen molar-refractivity contribution in [1.82, 2.24) is 5.32 Å². The van der Waals surface area contributed by atoms with Gasteiger partial charge in [-0.2, -0.15) is 0 Å². The molecule has 0 aliphatic carbocycles. The van der Waals surface area contributed by atoms with Gasteiger partial charge in [-0.15, -0.1) is 0 Å². The van der Waals surface area contributed by atoms with Crippen LogP contribution in [-0.4, -0.2) is 37.3 Å². The van der Waals surface area contributed by atoms with Crippen LogP contribution >= 0.6 is 0 Å². The predicted molar refractivity (Wildman–Crippen MR) is 74.9 cm³/mol. The van der Waals surface area contributed by atoms with E-state index in [1.807, 2.05) is 20.8 Å². The molecule has 18 heavy (non-hydrogen) atoms. The van der Waals surface area contributed by atoms with E-state index in [4.69, 9.17) is 15.7 Å². The zero-order valence-electron chi connectivity index (χ0n) is 11.8. The first kappa shape index (κ1) is 16.9. The number of nitrogens with one attached hydrogen (secondary N) is 1. The van der Waals surface area contributed by atoms with Gasteiger partial charge >= 0.3 is 0 Å². The van der Waals surface area contributed by atoms with Crippen LogP contribution in [-0.2, 0) is 4.74 Å². The number of ether oxygens (including phenoxy) is 1. The van der Waals surface area contributed by atoms with Gasteiger partial charge in [-0.1, -0.05) is 31.2 Å². The summed E-state index contributed by atoms with van der Waals surface area (Å²) >= 11 is 0. The quantitative estimate of drug-likeness (QED) is 0.139. The third-order valence-electron chi connectivity index (χ3n) is 2.73. The van der Waals surface area contributed by atoms with Crippen LogP contribution in [0.3, 0.4) is 0 Å². The first-order valence-corrected chi connectivity index (χ1v) is 6.31. The van der Waals surface area contributed by atoms with Crippen LogP contribution < -0.4 is 11.1 Å². The van der Waals surface area contributed by atoms with E-state index in [1.54, 1.807) is 0 Å². The van der Waals surface area contributed by atoms with E-state index >= 15 is 0 Å². The molecular weight excluding hydrogens is 230 g/mol. The predicted octanol–water partition coefficient (Wildman–Crippen LogP) is 1.72. The Morgan fingerprint density at radius 1 is 1.44 bits per heavy atom. The molecular formula is C13H27N3O2. The molecule has 4 N–H and O–H groups in total. The highest BCUT2D eigenvalue weighted by atomic mass is 16.5. The summed E-state index contributed by atoms with van der Waals surface area (Å²) in [5, 5.41) is 15.0. The van der Waals surface area contributed by atoms with Crippen LogP contribution in [0, 0.1) is 5.41 Å². The third-order valence-corrected chi connectivity index (χ3v) is 2.73. The summed E-state index contributed by atoms with van der Waals surface area (Å²) in [4.78, 5) is 0. The summed E-state index contributed by atoms with van der Waals surface area (Å²) in [5.74, 6) is 0.285. The van der Waals surface area contributed by atoms with Gasteiger partial charge in [0, 0.05) is 12.0 Å². The van der Waals surface area contributed by atoms with Crippen molar-refractivity contribution in [3.63, 3.8) is 0 Å². The summed E-state index contributed by atoms with van der Waals surface area (Å²) in [6.07, 6.45) is 1.85. The summed E-state index contributed by atoms with van der Waals surface area (Å²) in [5.41, 5.74) is 6.39. The van der Waals surface area contributed by atoms with Crippen LogP contribution in [0.4, 0.5) is 0 Å². The van der Waals surface area contributed by atoms with Crippen LogP contribution in [0.1, 0.15) is 33.6 Å². The Morgan fingerprint density at radius 3 is 2.67 bits per heavy atom. The van der Waals surface area contributed by atoms with Crippen LogP contribution in [0.25, 0.3) is 0 Å². The molecule has 0 fully saturated rings. The van der Waals surface area contributed by atoms with Crippen molar-refractivity contribution in [3.05, 3.63) is 12.2 Å². The lowest BCUT2D eigenvalue weighted by Crippen LogP contribution is -2.33. The van der Waals surface area contributed by atoms with Crippen LogP contribution in [0.15, 0.2) is 17.3 Å². The minimum absolute atomic E-state index is 0.257. The molecule has 0 atom stereocenters. The normalized spacial score (nSPS) is 12.7. The van der Waals surface area contributed by atoms with E-state index < -0.39 is 0 Å². The highest BCUT2D eigenvalue weighted by Gasteiger charge is 2.22. The van der Waals surface area contributed by atoms with Gasteiger partial charge in [-0.3, -0.25) is 0 Å². The Hall–Kier alpha value is -1.07. The Kier molecular flexibility index (Phi) is 8.41. The summed E-state index contributed by atoms with van der Waals surface area (Å²) in [6, 6.07) is 0. The van der Waals surface area contributed by atoms with Gasteiger partial charge in [0.25, 0.3) is 0 Å². The zero-order chi connectivity index (χ0) is 14.0. The first-order chi connectivity index (χ1) is 8.40. The van der Waals surface area contributed by atoms with Gasteiger partial charge < -0.3 is 21.0 Å². The van der Waals surface area contributed by atoms with Gasteiger partial charge in [-0.25, -0.2) is 0 Å². The third kappa shape index (κ3) is 8.08. The lowest BCUT2D eigenvalue weighted by atomic mass is 9.86. The van der Waals surface area contributed by atoms with Gasteiger partial charge in [0.2, 0.25) is 0 Å². The standard InChI is InChI=1S/C13H27N3O2/c1-11(2)10-18-9-8-15-7-5-6-13(3,4)12(14)16-17/h15,17H,1,5-10H2,2-4H3,(H2,14,16). The molecule has 0 amide bonds. The van der Waals surface area contributed by atoms with Crippen molar-refractivity contribution >= 4 is 5.84 Å². The molecule has 0 unspecified atom stereocenters. The summed E-state index contributed by atoms with van der Waals surface area (Å²) < 4.78 is 5.36. The largest absolute Gasteiger partial charge is 0.409 e. The highest BCUT2D eigenvalue weighted by Crippen LogP contribution is 2.21. The maximum Gasteiger partial charge on any atom is 0.144 e. The van der Waals surface area contributed by atoms with Crippen LogP contribution in [0.2, 0.25) is 0 Å². The molecule has 0 bridgehead atoms. The molecule has 0 saturated heterocycles. The molecule has 5 heteroatoms. The molecule has 0 radical (unpaired) electrons. The molecule has 0 saturated carbocycles. The van der Waals surface area contributed by atoms with E-state index in [1.165, 1.54) is 0 Å². The van der Waals surface area contributed by atoms with E-state index in [2.05, 4.69) is 17.1 Å². The number of nitrogens with zero attached hydrogens (tertiary/aromatic N) is 1. The smallest absolute Gasteiger partial charge is 0.144 e. The second-order valence-electron chi connectivity index (χ2n) is 5.23. The molecule has 0 aromatic carbocycles. The van der Waals surface area contributed by atoms with E-state index in [-0.39, 0.29) is 11.3 Å². The number of rotatable bonds is 10. The van der Waals surface area contributed by atoms with Gasteiger partial charge in [-0.05, 0) is 26.3 Å². The molecule has 0 heterocycles. The van der Waals surface area contributed by atoms with Crippen LogP contribution in [0.5, 0.6) is 0 Å². The van der Waals surface area contributed by atoms with Gasteiger partial charge in [0.05, 0.1) is 13.2 Å². The maximum absolute atomic E-state index is 8.64. The number of hydrogen-bond acceptors (Lipinski definition) is 4. The number of amidine groups is 1. The molecule has 0 spiro atoms. The van der Waals surface area contributed by atoms with E-state index in [9.17, 15) is 0 Å². The van der Waals surface area contributed by atoms with Crippen molar-refractivity contribution in [2.24, 2.45) is 16.3 Å². The monoisotopic (exact) mass is 257 g/mol. The summed E-state index contributed by atoms with van der Waals surface area (Å²) in [7, 11) is 0. The first-order valence-electron chi connectivity index (χ1n) is 6.31. The van der Waals surface area contributed by atoms with Crippen molar-refractivity contribution in [3.8, 4) is 0 Å². The summed E-state index contributed by atoms with van der Waals surface area (Å²) in [6.45, 7) is 12.7. The Balaban J connectivity index is 3.49. The van der Waals surface area contributed by atoms with Crippen molar-refractivity contribution in [2.45, 2.75) is 33.6 Å². The Morgan fingerprint density at radius 2 is 2.11 bits per heavy atom. The Labute approximate surface area is 110 Å². The second kappa shape index (κ2) is 8.94. The van der Waals surface area contributed by atoms with Crippen molar-refractivity contribution in [2.75, 3.05) is 26.3 Å². The number of hydrogen-bond donors (Lipinski definition) is 3. The van der Waals surface area contributed by atoms with Gasteiger partial charge in [0.15, 0.2) is 0 Å². The van der Waals surface area contributed by atoms with Gasteiger partial charge in [0.1, 0.15) is 5.84 Å². The fourth-order valence-electron chi connectivity index (χ4n) is 1.43. The number of nitrogens with two attached hydrogens (primary N) is 1. The average Bonchev–Trinajstić information content (AvgIpc) is 2.30. The fraction of sp³-hybridized carbons (Fsp3) is 0.769. The maximum atomic E-state index is 8.64. The van der Waals surface area contributed by atoms with Crippen molar-refractivity contribution < 1.29 is 9.94 Å². The topological polar surface area (TPSA) is 79.9 Å². The second-order valence-corrected chi connectivity index (χ2v) is 5.23. The Bertz CT molecular complexity index is 275. The molecule has 0 aliphatic rings. The highest BCUT2D eigenvalue weighted by molar-refractivity contribution is 5.85. The zero-order valence-corrected chi connectivity index (χ0v) is 11.8. The molecule has 106 valence electrons. The minimum Gasteiger partial charge on any atom is -0.409 e. The molecule has 0 aromatic rings. The fourth-order valence-corrected chi connectivity index (χ4v) is 1.43. The van der Waals surface area contributed by atoms with E-state index in [0.29, 0.717) is 13.2 Å². The number of oxime groups is 1. The minimum atomic E-state index is -0.257.